The summed E-state index contributed by atoms with van der Waals surface area (Å²) in [6.07, 6.45) is 0. The van der Waals surface area contributed by atoms with Crippen molar-refractivity contribution in [2.45, 2.75) is 45.2 Å². The fourth-order valence-electron chi connectivity index (χ4n) is 2.38. The summed E-state index contributed by atoms with van der Waals surface area (Å²) in [5, 5.41) is 19.1. The average molecular weight is 386 g/mol. The topological polar surface area (TPSA) is 98.7 Å². The van der Waals surface area contributed by atoms with Crippen LogP contribution in [0.3, 0.4) is 0 Å². The summed E-state index contributed by atoms with van der Waals surface area (Å²) in [6.45, 7) is 10.1. The van der Waals surface area contributed by atoms with Gasteiger partial charge in [0.25, 0.3) is 0 Å². The minimum atomic E-state index is -0.216. The molecule has 27 heavy (non-hydrogen) atoms. The molecule has 3 rings (SSSR count). The lowest BCUT2D eigenvalue weighted by Gasteiger charge is -2.12. The Bertz CT molecular complexity index is 957. The first-order valence-electron chi connectivity index (χ1n) is 8.50. The van der Waals surface area contributed by atoms with Crippen LogP contribution < -0.4 is 5.32 Å². The summed E-state index contributed by atoms with van der Waals surface area (Å²) in [7, 11) is 0. The quantitative estimate of drug-likeness (QED) is 0.672. The van der Waals surface area contributed by atoms with E-state index in [-0.39, 0.29) is 17.1 Å². The molecule has 0 saturated heterocycles. The number of aromatic nitrogens is 5. The molecule has 0 bridgehead atoms. The predicted octanol–water partition coefficient (Wildman–Crippen LogP) is 3.30. The number of hydrogen-bond acceptors (Lipinski definition) is 7. The van der Waals surface area contributed by atoms with E-state index < -0.39 is 0 Å². The Morgan fingerprint density at radius 1 is 1.30 bits per heavy atom. The van der Waals surface area contributed by atoms with Gasteiger partial charge in [-0.3, -0.25) is 10.1 Å². The minimum Gasteiger partial charge on any atom is -0.338 e. The van der Waals surface area contributed by atoms with Gasteiger partial charge in [-0.1, -0.05) is 49.8 Å². The number of amides is 1. The maximum atomic E-state index is 12.2. The minimum absolute atomic E-state index is 0.144. The van der Waals surface area contributed by atoms with E-state index in [0.29, 0.717) is 11.0 Å². The van der Waals surface area contributed by atoms with Crippen molar-refractivity contribution in [2.75, 3.05) is 11.1 Å². The number of carbonyl (C=O) groups excluding carboxylic acids is 1. The van der Waals surface area contributed by atoms with Gasteiger partial charge in [0.05, 0.1) is 17.1 Å². The van der Waals surface area contributed by atoms with Crippen LogP contribution in [-0.4, -0.2) is 37.0 Å². The number of thioether (sulfide) groups is 1. The molecular weight excluding hydrogens is 364 g/mol. The van der Waals surface area contributed by atoms with Crippen LogP contribution in [0.4, 0.5) is 5.88 Å². The Morgan fingerprint density at radius 2 is 2.07 bits per heavy atom. The zero-order valence-corrected chi connectivity index (χ0v) is 16.8. The molecule has 0 aliphatic heterocycles. The molecule has 142 valence electrons. The molecule has 0 atom stereocenters. The Kier molecular flexibility index (Phi) is 5.31. The number of hydrogen-bond donors (Lipinski definition) is 1. The van der Waals surface area contributed by atoms with Gasteiger partial charge in [-0.15, -0.1) is 5.10 Å². The normalized spacial score (nSPS) is 11.6. The molecule has 0 saturated carbocycles. The van der Waals surface area contributed by atoms with Crippen molar-refractivity contribution in [3.05, 3.63) is 41.1 Å². The molecule has 0 spiro atoms. The monoisotopic (exact) mass is 386 g/mol. The van der Waals surface area contributed by atoms with Gasteiger partial charge in [0.15, 0.2) is 0 Å². The molecule has 2 aromatic heterocycles. The van der Waals surface area contributed by atoms with E-state index >= 15 is 0 Å². The van der Waals surface area contributed by atoms with Crippen LogP contribution in [0.1, 0.15) is 37.6 Å². The highest BCUT2D eigenvalue weighted by Crippen LogP contribution is 2.25. The lowest BCUT2D eigenvalue weighted by molar-refractivity contribution is -0.113. The number of aryl methyl sites for hydroxylation is 1. The molecule has 0 fully saturated rings. The highest BCUT2D eigenvalue weighted by molar-refractivity contribution is 7.99. The third-order valence-electron chi connectivity index (χ3n) is 4.12. The van der Waals surface area contributed by atoms with Gasteiger partial charge < -0.3 is 4.52 Å². The maximum absolute atomic E-state index is 12.2. The van der Waals surface area contributed by atoms with Crippen LogP contribution in [-0.2, 0) is 10.2 Å². The second kappa shape index (κ2) is 7.51. The van der Waals surface area contributed by atoms with E-state index in [1.165, 1.54) is 11.8 Å². The van der Waals surface area contributed by atoms with E-state index in [4.69, 9.17) is 4.52 Å². The summed E-state index contributed by atoms with van der Waals surface area (Å²) < 4.78 is 6.83. The number of anilines is 1. The smallest absolute Gasteiger partial charge is 0.237 e. The molecule has 1 aromatic carbocycles. The summed E-state index contributed by atoms with van der Waals surface area (Å²) in [4.78, 5) is 12.2. The molecule has 2 heterocycles. The van der Waals surface area contributed by atoms with E-state index in [1.807, 2.05) is 52.8 Å². The first-order chi connectivity index (χ1) is 12.8. The van der Waals surface area contributed by atoms with Gasteiger partial charge in [0, 0.05) is 11.5 Å². The van der Waals surface area contributed by atoms with Crippen LogP contribution >= 0.6 is 11.8 Å². The van der Waals surface area contributed by atoms with Gasteiger partial charge in [-0.05, 0) is 41.5 Å². The van der Waals surface area contributed by atoms with E-state index in [2.05, 4.69) is 26.0 Å². The molecule has 0 aliphatic carbocycles. The van der Waals surface area contributed by atoms with Gasteiger partial charge in [-0.25, -0.2) is 0 Å². The molecule has 1 N–H and O–H groups in total. The number of benzene rings is 1. The molecule has 9 heteroatoms. The number of tetrazole rings is 1. The summed E-state index contributed by atoms with van der Waals surface area (Å²) in [6, 6.07) is 7.68. The van der Waals surface area contributed by atoms with E-state index in [0.717, 1.165) is 22.5 Å². The van der Waals surface area contributed by atoms with Crippen LogP contribution in [0.5, 0.6) is 0 Å². The third kappa shape index (κ3) is 4.36. The Balaban J connectivity index is 1.66. The van der Waals surface area contributed by atoms with Crippen molar-refractivity contribution >= 4 is 23.6 Å². The molecule has 1 amide bonds. The van der Waals surface area contributed by atoms with Crippen molar-refractivity contribution in [3.8, 4) is 5.69 Å². The fourth-order valence-corrected chi connectivity index (χ4v) is 3.06. The molecule has 0 radical (unpaired) electrons. The largest absolute Gasteiger partial charge is 0.338 e. The number of nitrogens with zero attached hydrogens (tertiary/aromatic N) is 5. The second-order valence-electron chi connectivity index (χ2n) is 7.26. The van der Waals surface area contributed by atoms with Crippen molar-refractivity contribution in [1.82, 2.24) is 25.4 Å². The highest BCUT2D eigenvalue weighted by Gasteiger charge is 2.20. The zero-order chi connectivity index (χ0) is 19.6. The number of nitrogens with one attached hydrogen (secondary N) is 1. The summed E-state index contributed by atoms with van der Waals surface area (Å²) >= 11 is 1.26. The lowest BCUT2D eigenvalue weighted by Crippen LogP contribution is -2.14. The van der Waals surface area contributed by atoms with Crippen molar-refractivity contribution in [3.63, 3.8) is 0 Å². The first kappa shape index (κ1) is 19.1. The molecular formula is C18H22N6O2S. The summed E-state index contributed by atoms with van der Waals surface area (Å²) in [5.41, 5.74) is 3.77. The fraction of sp³-hybridized carbons (Fsp3) is 0.389. The van der Waals surface area contributed by atoms with Crippen LogP contribution in [0.2, 0.25) is 0 Å². The number of rotatable bonds is 5. The first-order valence-corrected chi connectivity index (χ1v) is 9.49. The zero-order valence-electron chi connectivity index (χ0n) is 16.0. The molecule has 0 unspecified atom stereocenters. The van der Waals surface area contributed by atoms with Gasteiger partial charge in [-0.2, -0.15) is 4.68 Å². The van der Waals surface area contributed by atoms with Gasteiger partial charge in [0.1, 0.15) is 0 Å². The van der Waals surface area contributed by atoms with E-state index in [9.17, 15) is 4.79 Å². The Labute approximate surface area is 161 Å². The van der Waals surface area contributed by atoms with E-state index in [1.54, 1.807) is 10.7 Å². The average Bonchev–Trinajstić information content (AvgIpc) is 3.24. The van der Waals surface area contributed by atoms with Gasteiger partial charge >= 0.3 is 0 Å². The van der Waals surface area contributed by atoms with Crippen molar-refractivity contribution in [1.29, 1.82) is 0 Å². The highest BCUT2D eigenvalue weighted by atomic mass is 32.2. The van der Waals surface area contributed by atoms with Gasteiger partial charge in [0.2, 0.25) is 16.9 Å². The number of carbonyl (C=O) groups is 1. The van der Waals surface area contributed by atoms with Crippen molar-refractivity contribution < 1.29 is 9.32 Å². The van der Waals surface area contributed by atoms with Crippen LogP contribution in [0.25, 0.3) is 5.69 Å². The second-order valence-corrected chi connectivity index (χ2v) is 8.20. The lowest BCUT2D eigenvalue weighted by atomic mass is 9.92. The standard InChI is InChI=1S/C18H22N6O2S/c1-11-7-6-8-13(12(11)2)24-17(20-22-23-24)27-10-15(25)19-16-9-14(21-26-16)18(3,4)5/h6-9H,10H2,1-5H3,(H,19,25). The van der Waals surface area contributed by atoms with Crippen molar-refractivity contribution in [2.24, 2.45) is 0 Å². The predicted molar refractivity (Wildman–Crippen MR) is 103 cm³/mol. The Morgan fingerprint density at radius 3 is 2.78 bits per heavy atom. The SMILES string of the molecule is Cc1cccc(-n2nnnc2SCC(=O)Nc2cc(C(C)(C)C)no2)c1C. The summed E-state index contributed by atoms with van der Waals surface area (Å²) in [5.74, 6) is 0.267. The van der Waals surface area contributed by atoms with Crippen LogP contribution in [0.15, 0.2) is 33.9 Å². The van der Waals surface area contributed by atoms with Crippen LogP contribution in [0, 0.1) is 13.8 Å². The third-order valence-corrected chi connectivity index (χ3v) is 5.04. The molecule has 8 nitrogen and oxygen atoms in total. The molecule has 3 aromatic rings. The molecule has 0 aliphatic rings. The Hall–Kier alpha value is -2.68. The maximum Gasteiger partial charge on any atom is 0.237 e.